The third kappa shape index (κ3) is 5.33. The van der Waals surface area contributed by atoms with Gasteiger partial charge in [-0.2, -0.15) is 0 Å². The summed E-state index contributed by atoms with van der Waals surface area (Å²) < 4.78 is 5.35. The SMILES string of the molecule is c1ccc2nc(-c3ccc(-c4ccc(N(c5ccc6c(ccc7c8ccccc8sc67)c5)c5ccc6c(ccc7c8ccccc8sc67)c5)cc4)cc3)ccc2c1. The maximum absolute atomic E-state index is 4.92. The fraction of sp³-hybridized carbons (Fsp3) is 0. The fourth-order valence-electron chi connectivity index (χ4n) is 8.59. The van der Waals surface area contributed by atoms with Crippen LogP contribution in [-0.2, 0) is 0 Å². The van der Waals surface area contributed by atoms with Gasteiger partial charge in [-0.3, -0.25) is 0 Å². The number of benzene rings is 9. The van der Waals surface area contributed by atoms with Gasteiger partial charge < -0.3 is 4.90 Å². The van der Waals surface area contributed by atoms with Gasteiger partial charge in [0.15, 0.2) is 0 Å². The van der Waals surface area contributed by atoms with Crippen LogP contribution in [0.25, 0.3) is 95.2 Å². The van der Waals surface area contributed by atoms with E-state index >= 15 is 0 Å². The highest BCUT2D eigenvalue weighted by Crippen LogP contribution is 2.44. The molecule has 0 aliphatic rings. The first-order valence-electron chi connectivity index (χ1n) is 19.3. The van der Waals surface area contributed by atoms with Gasteiger partial charge >= 0.3 is 0 Å². The van der Waals surface area contributed by atoms with Gasteiger partial charge in [-0.25, -0.2) is 4.98 Å². The van der Waals surface area contributed by atoms with E-state index in [-0.39, 0.29) is 0 Å². The second-order valence-electron chi connectivity index (χ2n) is 14.7. The van der Waals surface area contributed by atoms with Gasteiger partial charge in [0.2, 0.25) is 0 Å². The van der Waals surface area contributed by atoms with Crippen LogP contribution in [0.2, 0.25) is 0 Å². The number of hydrogen-bond donors (Lipinski definition) is 0. The Hall–Kier alpha value is -6.85. The van der Waals surface area contributed by atoms with Gasteiger partial charge in [-0.05, 0) is 93.3 Å². The highest BCUT2D eigenvalue weighted by atomic mass is 32.1. The predicted molar refractivity (Wildman–Crippen MR) is 248 cm³/mol. The Balaban J connectivity index is 0.957. The van der Waals surface area contributed by atoms with Crippen molar-refractivity contribution in [2.24, 2.45) is 0 Å². The molecule has 12 rings (SSSR count). The van der Waals surface area contributed by atoms with E-state index in [1.807, 2.05) is 28.7 Å². The van der Waals surface area contributed by atoms with E-state index in [0.717, 1.165) is 39.2 Å². The standard InChI is InChI=1S/C53H32N2S2/c1-4-10-48-35(7-1)21-30-49(54-48)36-15-13-33(14-16-36)34-17-22-39(23-18-34)55(40-24-28-42-37(31-40)19-26-46-44-8-2-5-11-50(44)56-52(42)46)41-25-29-43-38(32-41)20-27-47-45-9-3-6-12-51(45)57-53(43)47/h1-32H. The van der Waals surface area contributed by atoms with Crippen LogP contribution in [0.15, 0.2) is 194 Å². The van der Waals surface area contributed by atoms with Crippen molar-refractivity contribution in [1.82, 2.24) is 4.98 Å². The molecule has 0 atom stereocenters. The smallest absolute Gasteiger partial charge is 0.0709 e. The van der Waals surface area contributed by atoms with Crippen LogP contribution in [0.4, 0.5) is 17.1 Å². The van der Waals surface area contributed by atoms with E-state index < -0.39 is 0 Å². The summed E-state index contributed by atoms with van der Waals surface area (Å²) in [5, 5.41) is 11.5. The molecule has 0 saturated carbocycles. The van der Waals surface area contributed by atoms with Crippen molar-refractivity contribution in [1.29, 1.82) is 0 Å². The van der Waals surface area contributed by atoms with Crippen LogP contribution >= 0.6 is 22.7 Å². The van der Waals surface area contributed by atoms with Gasteiger partial charge in [-0.15, -0.1) is 22.7 Å². The molecule has 3 heterocycles. The summed E-state index contributed by atoms with van der Waals surface area (Å²) in [6, 6.07) is 70.9. The third-order valence-corrected chi connectivity index (χ3v) is 13.9. The van der Waals surface area contributed by atoms with Crippen LogP contribution in [0.3, 0.4) is 0 Å². The summed E-state index contributed by atoms with van der Waals surface area (Å²) in [6.07, 6.45) is 0. The topological polar surface area (TPSA) is 16.1 Å². The summed E-state index contributed by atoms with van der Waals surface area (Å²) in [5.74, 6) is 0. The molecule has 3 aromatic heterocycles. The van der Waals surface area contributed by atoms with Crippen LogP contribution in [0.1, 0.15) is 0 Å². The molecule has 0 fully saturated rings. The molecule has 2 nitrogen and oxygen atoms in total. The lowest BCUT2D eigenvalue weighted by atomic mass is 10.0. The Morgan fingerprint density at radius 2 is 0.807 bits per heavy atom. The zero-order valence-electron chi connectivity index (χ0n) is 30.7. The molecule has 0 bridgehead atoms. The molecule has 0 unspecified atom stereocenters. The number of thiophene rings is 2. The van der Waals surface area contributed by atoms with Crippen molar-refractivity contribution in [3.63, 3.8) is 0 Å². The molecule has 0 N–H and O–H groups in total. The maximum atomic E-state index is 4.92. The lowest BCUT2D eigenvalue weighted by Gasteiger charge is -2.26. The second-order valence-corrected chi connectivity index (χ2v) is 16.8. The number of aromatic nitrogens is 1. The maximum Gasteiger partial charge on any atom is 0.0709 e. The molecule has 12 aromatic rings. The molecule has 0 saturated heterocycles. The molecule has 0 spiro atoms. The van der Waals surface area contributed by atoms with Crippen molar-refractivity contribution < 1.29 is 0 Å². The van der Waals surface area contributed by atoms with Crippen LogP contribution in [-0.4, -0.2) is 4.98 Å². The lowest BCUT2D eigenvalue weighted by molar-refractivity contribution is 1.29. The zero-order valence-corrected chi connectivity index (χ0v) is 32.3. The monoisotopic (exact) mass is 760 g/mol. The predicted octanol–water partition coefficient (Wildman–Crippen LogP) is 16.1. The zero-order chi connectivity index (χ0) is 37.5. The normalized spacial score (nSPS) is 11.9. The summed E-state index contributed by atoms with van der Waals surface area (Å²) >= 11 is 3.77. The summed E-state index contributed by atoms with van der Waals surface area (Å²) in [5.41, 5.74) is 8.83. The fourth-order valence-corrected chi connectivity index (χ4v) is 11.1. The molecule has 4 heteroatoms. The minimum atomic E-state index is 0.984. The number of rotatable bonds is 5. The molecule has 57 heavy (non-hydrogen) atoms. The number of anilines is 3. The Morgan fingerprint density at radius 3 is 1.42 bits per heavy atom. The third-order valence-electron chi connectivity index (χ3n) is 11.4. The minimum absolute atomic E-state index is 0.984. The molecule has 9 aromatic carbocycles. The largest absolute Gasteiger partial charge is 0.310 e. The number of nitrogens with zero attached hydrogens (tertiary/aromatic N) is 2. The Bertz CT molecular complexity index is 3370. The molecule has 0 amide bonds. The summed E-state index contributed by atoms with van der Waals surface area (Å²) in [7, 11) is 0. The first-order valence-corrected chi connectivity index (χ1v) is 20.9. The van der Waals surface area contributed by atoms with Gasteiger partial charge in [-0.1, -0.05) is 133 Å². The molecule has 266 valence electrons. The van der Waals surface area contributed by atoms with E-state index in [2.05, 4.69) is 193 Å². The molecular weight excluding hydrogens is 729 g/mol. The van der Waals surface area contributed by atoms with E-state index in [1.165, 1.54) is 73.0 Å². The average molecular weight is 761 g/mol. The van der Waals surface area contributed by atoms with Crippen molar-refractivity contribution in [2.75, 3.05) is 4.90 Å². The number of para-hydroxylation sites is 1. The summed E-state index contributed by atoms with van der Waals surface area (Å²) in [6.45, 7) is 0. The van der Waals surface area contributed by atoms with Crippen molar-refractivity contribution in [3.05, 3.63) is 194 Å². The quantitative estimate of drug-likeness (QED) is 0.174. The van der Waals surface area contributed by atoms with Gasteiger partial charge in [0.25, 0.3) is 0 Å². The van der Waals surface area contributed by atoms with Crippen molar-refractivity contribution >= 4 is 113 Å². The minimum Gasteiger partial charge on any atom is -0.310 e. The van der Waals surface area contributed by atoms with E-state index in [1.54, 1.807) is 0 Å². The van der Waals surface area contributed by atoms with Crippen molar-refractivity contribution in [2.45, 2.75) is 0 Å². The highest BCUT2D eigenvalue weighted by Gasteiger charge is 2.17. The van der Waals surface area contributed by atoms with Gasteiger partial charge in [0.1, 0.15) is 0 Å². The van der Waals surface area contributed by atoms with Crippen LogP contribution < -0.4 is 4.90 Å². The highest BCUT2D eigenvalue weighted by molar-refractivity contribution is 7.27. The lowest BCUT2D eigenvalue weighted by Crippen LogP contribution is -2.09. The molecule has 0 radical (unpaired) electrons. The van der Waals surface area contributed by atoms with Crippen LogP contribution in [0, 0.1) is 0 Å². The van der Waals surface area contributed by atoms with Gasteiger partial charge in [0.05, 0.1) is 11.2 Å². The van der Waals surface area contributed by atoms with Gasteiger partial charge in [0, 0.05) is 68.4 Å². The number of hydrogen-bond acceptors (Lipinski definition) is 4. The second kappa shape index (κ2) is 12.9. The molecular formula is C53H32N2S2. The first kappa shape index (κ1) is 32.4. The molecule has 0 aliphatic heterocycles. The molecule has 0 aliphatic carbocycles. The van der Waals surface area contributed by atoms with E-state index in [0.29, 0.717) is 0 Å². The van der Waals surface area contributed by atoms with Crippen LogP contribution in [0.5, 0.6) is 0 Å². The first-order chi connectivity index (χ1) is 28.2. The van der Waals surface area contributed by atoms with Crippen molar-refractivity contribution in [3.8, 4) is 22.4 Å². The summed E-state index contributed by atoms with van der Waals surface area (Å²) in [4.78, 5) is 7.32. The van der Waals surface area contributed by atoms with E-state index in [9.17, 15) is 0 Å². The Labute approximate surface area is 337 Å². The Kier molecular flexibility index (Phi) is 7.31. The Morgan fingerprint density at radius 1 is 0.333 bits per heavy atom. The number of fused-ring (bicyclic) bond motifs is 11. The average Bonchev–Trinajstić information content (AvgIpc) is 3.86. The van der Waals surface area contributed by atoms with E-state index in [4.69, 9.17) is 4.98 Å². The number of pyridine rings is 1.